The fourth-order valence-corrected chi connectivity index (χ4v) is 2.51. The smallest absolute Gasteiger partial charge is 0.215 e. The number of rotatable bonds is 2. The minimum Gasteiger partial charge on any atom is -0.497 e. The maximum absolute atomic E-state index is 5.90. The van der Waals surface area contributed by atoms with Gasteiger partial charge in [0.15, 0.2) is 5.58 Å². The summed E-state index contributed by atoms with van der Waals surface area (Å²) in [7, 11) is 1.66. The van der Waals surface area contributed by atoms with Crippen LogP contribution in [0.2, 0.25) is 0 Å². The molecule has 0 saturated carbocycles. The van der Waals surface area contributed by atoms with Gasteiger partial charge in [0, 0.05) is 6.07 Å². The molecule has 1 aromatic heterocycles. The Kier molecular flexibility index (Phi) is 2.74. The summed E-state index contributed by atoms with van der Waals surface area (Å²) in [5.41, 5.74) is 1.54. The van der Waals surface area contributed by atoms with Crippen molar-refractivity contribution in [3.8, 4) is 5.75 Å². The molecule has 18 heavy (non-hydrogen) atoms. The number of ether oxygens (including phenoxy) is 1. The Hall–Kier alpha value is -1.55. The molecule has 1 N–H and O–H groups in total. The van der Waals surface area contributed by atoms with Gasteiger partial charge in [-0.1, -0.05) is 0 Å². The van der Waals surface area contributed by atoms with Crippen molar-refractivity contribution in [2.75, 3.05) is 13.7 Å². The first-order valence-electron chi connectivity index (χ1n) is 6.41. The van der Waals surface area contributed by atoms with Crippen LogP contribution in [0.15, 0.2) is 22.6 Å². The number of fused-ring (bicyclic) bond motifs is 1. The predicted molar refractivity (Wildman–Crippen MR) is 69.8 cm³/mol. The molecule has 3 rings (SSSR count). The lowest BCUT2D eigenvalue weighted by Crippen LogP contribution is -2.43. The Labute approximate surface area is 106 Å². The zero-order chi connectivity index (χ0) is 12.6. The molecule has 1 unspecified atom stereocenters. The maximum Gasteiger partial charge on any atom is 0.215 e. The fourth-order valence-electron chi connectivity index (χ4n) is 2.51. The number of piperidine rings is 1. The first-order chi connectivity index (χ1) is 8.71. The Morgan fingerprint density at radius 2 is 2.28 bits per heavy atom. The minimum absolute atomic E-state index is 0.134. The molecule has 1 saturated heterocycles. The lowest BCUT2D eigenvalue weighted by molar-refractivity contribution is 0.232. The molecule has 1 fully saturated rings. The van der Waals surface area contributed by atoms with E-state index in [4.69, 9.17) is 9.15 Å². The van der Waals surface area contributed by atoms with Crippen LogP contribution in [0.3, 0.4) is 0 Å². The summed E-state index contributed by atoms with van der Waals surface area (Å²) >= 11 is 0. The lowest BCUT2D eigenvalue weighted by Gasteiger charge is -2.31. The summed E-state index contributed by atoms with van der Waals surface area (Å²) in [5.74, 6) is 1.58. The van der Waals surface area contributed by atoms with E-state index in [9.17, 15) is 0 Å². The highest BCUT2D eigenvalue weighted by Gasteiger charge is 2.33. The van der Waals surface area contributed by atoms with Crippen LogP contribution in [-0.4, -0.2) is 18.6 Å². The maximum atomic E-state index is 5.90. The summed E-state index contributed by atoms with van der Waals surface area (Å²) in [4.78, 5) is 4.60. The van der Waals surface area contributed by atoms with Crippen molar-refractivity contribution < 1.29 is 9.15 Å². The second kappa shape index (κ2) is 4.28. The number of aromatic nitrogens is 1. The van der Waals surface area contributed by atoms with Gasteiger partial charge < -0.3 is 14.5 Å². The van der Waals surface area contributed by atoms with Crippen molar-refractivity contribution >= 4 is 11.1 Å². The second-order valence-electron chi connectivity index (χ2n) is 5.07. The van der Waals surface area contributed by atoms with Gasteiger partial charge in [-0.3, -0.25) is 0 Å². The van der Waals surface area contributed by atoms with Gasteiger partial charge >= 0.3 is 0 Å². The zero-order valence-corrected chi connectivity index (χ0v) is 10.8. The third-order valence-electron chi connectivity index (χ3n) is 3.69. The highest BCUT2D eigenvalue weighted by Crippen LogP contribution is 2.32. The summed E-state index contributed by atoms with van der Waals surface area (Å²) in [6.07, 6.45) is 3.51. The summed E-state index contributed by atoms with van der Waals surface area (Å²) in [6, 6.07) is 5.73. The number of benzene rings is 1. The largest absolute Gasteiger partial charge is 0.497 e. The van der Waals surface area contributed by atoms with E-state index >= 15 is 0 Å². The Morgan fingerprint density at radius 1 is 1.39 bits per heavy atom. The van der Waals surface area contributed by atoms with Gasteiger partial charge in [0.1, 0.15) is 11.3 Å². The first-order valence-corrected chi connectivity index (χ1v) is 6.41. The quantitative estimate of drug-likeness (QED) is 0.885. The van der Waals surface area contributed by atoms with Gasteiger partial charge in [0.05, 0.1) is 12.6 Å². The molecule has 0 aliphatic carbocycles. The normalized spacial score (nSPS) is 24.3. The van der Waals surface area contributed by atoms with Gasteiger partial charge in [0.25, 0.3) is 0 Å². The molecule has 1 aliphatic rings. The van der Waals surface area contributed by atoms with Crippen LogP contribution in [0.1, 0.15) is 32.1 Å². The van der Waals surface area contributed by atoms with Crippen LogP contribution in [-0.2, 0) is 5.54 Å². The van der Waals surface area contributed by atoms with E-state index in [1.807, 2.05) is 18.2 Å². The Morgan fingerprint density at radius 3 is 3.00 bits per heavy atom. The number of hydrogen-bond acceptors (Lipinski definition) is 4. The number of oxazole rings is 1. The van der Waals surface area contributed by atoms with E-state index in [2.05, 4.69) is 17.2 Å². The van der Waals surface area contributed by atoms with Gasteiger partial charge in [-0.25, -0.2) is 4.98 Å². The van der Waals surface area contributed by atoms with Crippen molar-refractivity contribution in [1.29, 1.82) is 0 Å². The summed E-state index contributed by atoms with van der Waals surface area (Å²) < 4.78 is 11.1. The van der Waals surface area contributed by atoms with Gasteiger partial charge in [-0.15, -0.1) is 0 Å². The van der Waals surface area contributed by atoms with Crippen LogP contribution < -0.4 is 10.1 Å². The van der Waals surface area contributed by atoms with Crippen LogP contribution in [0.4, 0.5) is 0 Å². The molecule has 2 heterocycles. The average molecular weight is 246 g/mol. The molecule has 0 bridgehead atoms. The van der Waals surface area contributed by atoms with E-state index in [1.165, 1.54) is 12.8 Å². The molecule has 2 aromatic rings. The highest BCUT2D eigenvalue weighted by molar-refractivity contribution is 5.74. The third-order valence-corrected chi connectivity index (χ3v) is 3.69. The van der Waals surface area contributed by atoms with Crippen molar-refractivity contribution in [3.05, 3.63) is 24.1 Å². The number of methoxy groups -OCH3 is 1. The molecule has 0 amide bonds. The first kappa shape index (κ1) is 11.5. The fraction of sp³-hybridized carbons (Fsp3) is 0.500. The molecule has 1 aliphatic heterocycles. The molecule has 4 nitrogen and oxygen atoms in total. The van der Waals surface area contributed by atoms with Crippen LogP contribution in [0, 0.1) is 0 Å². The Balaban J connectivity index is 2.02. The molecule has 0 radical (unpaired) electrons. The van der Waals surface area contributed by atoms with Crippen LogP contribution >= 0.6 is 0 Å². The van der Waals surface area contributed by atoms with Gasteiger partial charge in [-0.2, -0.15) is 0 Å². The van der Waals surface area contributed by atoms with Crippen molar-refractivity contribution in [2.45, 2.75) is 31.7 Å². The van der Waals surface area contributed by atoms with E-state index in [0.717, 1.165) is 35.7 Å². The monoisotopic (exact) mass is 246 g/mol. The molecule has 0 spiro atoms. The standard InChI is InChI=1S/C14H18N2O2/c1-14(7-3-4-8-15-14)13-16-11-6-5-10(17-2)9-12(11)18-13/h5-6,9,15H,3-4,7-8H2,1-2H3. The highest BCUT2D eigenvalue weighted by atomic mass is 16.5. The third kappa shape index (κ3) is 1.86. The Bertz CT molecular complexity index is 556. The molecular formula is C14H18N2O2. The van der Waals surface area contributed by atoms with Gasteiger partial charge in [0.2, 0.25) is 5.89 Å². The lowest BCUT2D eigenvalue weighted by atomic mass is 9.91. The summed E-state index contributed by atoms with van der Waals surface area (Å²) in [5, 5.41) is 3.51. The molecule has 1 aromatic carbocycles. The SMILES string of the molecule is COc1ccc2nc(C3(C)CCCCN3)oc2c1. The van der Waals surface area contributed by atoms with E-state index in [-0.39, 0.29) is 5.54 Å². The van der Waals surface area contributed by atoms with Crippen molar-refractivity contribution in [2.24, 2.45) is 0 Å². The van der Waals surface area contributed by atoms with E-state index < -0.39 is 0 Å². The number of nitrogens with zero attached hydrogens (tertiary/aromatic N) is 1. The average Bonchev–Trinajstić information content (AvgIpc) is 2.83. The van der Waals surface area contributed by atoms with Crippen molar-refractivity contribution in [3.63, 3.8) is 0 Å². The van der Waals surface area contributed by atoms with E-state index in [1.54, 1.807) is 7.11 Å². The zero-order valence-electron chi connectivity index (χ0n) is 10.8. The number of nitrogens with one attached hydrogen (secondary N) is 1. The van der Waals surface area contributed by atoms with Gasteiger partial charge in [-0.05, 0) is 44.9 Å². The summed E-state index contributed by atoms with van der Waals surface area (Å²) in [6.45, 7) is 3.19. The topological polar surface area (TPSA) is 47.3 Å². The van der Waals surface area contributed by atoms with Crippen LogP contribution in [0.25, 0.3) is 11.1 Å². The second-order valence-corrected chi connectivity index (χ2v) is 5.07. The predicted octanol–water partition coefficient (Wildman–Crippen LogP) is 2.83. The molecule has 4 heteroatoms. The van der Waals surface area contributed by atoms with Crippen LogP contribution in [0.5, 0.6) is 5.75 Å². The molecule has 1 atom stereocenters. The molecule has 96 valence electrons. The van der Waals surface area contributed by atoms with Crippen molar-refractivity contribution in [1.82, 2.24) is 10.3 Å². The molecular weight excluding hydrogens is 228 g/mol. The van der Waals surface area contributed by atoms with E-state index in [0.29, 0.717) is 0 Å². The minimum atomic E-state index is -0.134. The number of hydrogen-bond donors (Lipinski definition) is 1.